The first-order chi connectivity index (χ1) is 21.8. The fourth-order valence-electron chi connectivity index (χ4n) is 4.11. The summed E-state index contributed by atoms with van der Waals surface area (Å²) in [6.07, 6.45) is 1.36. The molecule has 2 aromatic heterocycles. The Morgan fingerprint density at radius 1 is 0.911 bits per heavy atom. The number of hydrogen-bond acceptors (Lipinski definition) is 11. The Hall–Kier alpha value is -5.41. The third-order valence-electron chi connectivity index (χ3n) is 6.35. The smallest absolute Gasteiger partial charge is 0.266 e. The predicted octanol–water partition coefficient (Wildman–Crippen LogP) is 4.21. The molecule has 2 N–H and O–H groups in total. The van der Waals surface area contributed by atoms with E-state index in [1.807, 2.05) is 0 Å². The van der Waals surface area contributed by atoms with Crippen LogP contribution in [0.25, 0.3) is 11.3 Å². The molecular formula is C30H26FN6O7S-. The van der Waals surface area contributed by atoms with Crippen molar-refractivity contribution in [3.05, 3.63) is 101 Å². The number of aromatic nitrogens is 5. The number of rotatable bonds is 13. The number of halogens is 1. The van der Waals surface area contributed by atoms with Crippen LogP contribution in [-0.2, 0) is 30.0 Å². The Balaban J connectivity index is 1.49. The van der Waals surface area contributed by atoms with Gasteiger partial charge in [-0.3, -0.25) is 9.00 Å². The summed E-state index contributed by atoms with van der Waals surface area (Å²) >= 11 is -2.55. The number of aromatic amines is 1. The second-order valence-electron chi connectivity index (χ2n) is 9.35. The maximum absolute atomic E-state index is 14.9. The normalized spacial score (nSPS) is 11.5. The van der Waals surface area contributed by atoms with Gasteiger partial charge in [0.15, 0.2) is 5.56 Å². The number of amides is 1. The van der Waals surface area contributed by atoms with Crippen LogP contribution in [0.5, 0.6) is 23.3 Å². The zero-order chi connectivity index (χ0) is 31.8. The lowest BCUT2D eigenvalue weighted by molar-refractivity contribution is 0.101. The van der Waals surface area contributed by atoms with Crippen LogP contribution in [0.2, 0.25) is 0 Å². The van der Waals surface area contributed by atoms with E-state index in [0.717, 1.165) is 6.07 Å². The van der Waals surface area contributed by atoms with E-state index in [9.17, 15) is 17.9 Å². The van der Waals surface area contributed by atoms with Crippen molar-refractivity contribution in [2.75, 3.05) is 19.5 Å². The van der Waals surface area contributed by atoms with Crippen molar-refractivity contribution in [1.29, 1.82) is 0 Å². The van der Waals surface area contributed by atoms with Crippen LogP contribution in [0.15, 0.2) is 72.9 Å². The van der Waals surface area contributed by atoms with Crippen molar-refractivity contribution in [2.24, 2.45) is 0 Å². The largest absolute Gasteiger partial charge is 0.772 e. The number of benzene rings is 3. The van der Waals surface area contributed by atoms with Gasteiger partial charge in [-0.25, -0.2) is 4.39 Å². The molecule has 0 bridgehead atoms. The second kappa shape index (κ2) is 14.4. The highest BCUT2D eigenvalue weighted by atomic mass is 32.2. The Bertz CT molecular complexity index is 1720. The molecule has 15 heteroatoms. The standard InChI is InChI=1S/C30H27FN6O7S/c1-41-21-8-3-18(4-9-21)15-43-29-27(28(38)33-20-7-12-23(24(31)13-20)25-14-32-37-36-25)30(35-26(34-29)17-45(39)40)44-16-19-5-10-22(42-2)11-6-19/h3-14H,15-17H2,1-2H3,(H,33,38)(H,39,40)(H,32,36,37)/p-1. The van der Waals surface area contributed by atoms with Crippen LogP contribution in [0.3, 0.4) is 0 Å². The van der Waals surface area contributed by atoms with Gasteiger partial charge in [-0.2, -0.15) is 25.4 Å². The van der Waals surface area contributed by atoms with Gasteiger partial charge in [0, 0.05) is 11.3 Å². The Morgan fingerprint density at radius 3 is 1.96 bits per heavy atom. The fourth-order valence-corrected chi connectivity index (χ4v) is 4.45. The van der Waals surface area contributed by atoms with E-state index in [2.05, 4.69) is 30.7 Å². The lowest BCUT2D eigenvalue weighted by atomic mass is 10.1. The predicted molar refractivity (Wildman–Crippen MR) is 159 cm³/mol. The van der Waals surface area contributed by atoms with Crippen molar-refractivity contribution in [3.8, 4) is 34.5 Å². The quantitative estimate of drug-likeness (QED) is 0.178. The van der Waals surface area contributed by atoms with Crippen molar-refractivity contribution in [2.45, 2.75) is 19.0 Å². The minimum absolute atomic E-state index is 0.0415. The van der Waals surface area contributed by atoms with E-state index in [1.165, 1.54) is 18.3 Å². The van der Waals surface area contributed by atoms with E-state index < -0.39 is 28.6 Å². The third kappa shape index (κ3) is 7.95. The van der Waals surface area contributed by atoms with Crippen LogP contribution in [0.1, 0.15) is 27.3 Å². The highest BCUT2D eigenvalue weighted by molar-refractivity contribution is 7.78. The minimum Gasteiger partial charge on any atom is -0.772 e. The maximum atomic E-state index is 14.9. The van der Waals surface area contributed by atoms with Crippen LogP contribution >= 0.6 is 0 Å². The van der Waals surface area contributed by atoms with Crippen LogP contribution in [0, 0.1) is 5.82 Å². The molecule has 232 valence electrons. The zero-order valence-corrected chi connectivity index (χ0v) is 24.8. The summed E-state index contributed by atoms with van der Waals surface area (Å²) in [5.41, 5.74) is 1.76. The van der Waals surface area contributed by atoms with Crippen molar-refractivity contribution in [3.63, 3.8) is 0 Å². The van der Waals surface area contributed by atoms with Gasteiger partial charge in [0.1, 0.15) is 42.0 Å². The summed E-state index contributed by atoms with van der Waals surface area (Å²) < 4.78 is 60.3. The van der Waals surface area contributed by atoms with Crippen molar-refractivity contribution in [1.82, 2.24) is 25.4 Å². The van der Waals surface area contributed by atoms with Crippen molar-refractivity contribution < 1.29 is 36.9 Å². The SMILES string of the molecule is COc1ccc(COc2nc(CS(=O)[O-])nc(OCc3ccc(OC)cc3)c2C(=O)Nc2ccc(-c3cn[nH]n3)c(F)c2)cc1. The lowest BCUT2D eigenvalue weighted by Gasteiger charge is -2.17. The van der Waals surface area contributed by atoms with Crippen LogP contribution in [-0.4, -0.2) is 54.3 Å². The molecule has 5 rings (SSSR count). The first kappa shape index (κ1) is 31.0. The summed E-state index contributed by atoms with van der Waals surface area (Å²) in [5, 5.41) is 12.6. The van der Waals surface area contributed by atoms with Gasteiger partial charge < -0.3 is 28.8 Å². The monoisotopic (exact) mass is 633 g/mol. The molecule has 45 heavy (non-hydrogen) atoms. The van der Waals surface area contributed by atoms with E-state index in [-0.39, 0.29) is 53.3 Å². The molecule has 3 aromatic carbocycles. The molecule has 0 aliphatic heterocycles. The highest BCUT2D eigenvalue weighted by Crippen LogP contribution is 2.30. The fraction of sp³-hybridized carbons (Fsp3) is 0.167. The molecule has 0 fully saturated rings. The Morgan fingerprint density at radius 2 is 1.49 bits per heavy atom. The number of carbonyl (C=O) groups excluding carboxylic acids is 1. The number of H-pyrrole nitrogens is 1. The summed E-state index contributed by atoms with van der Waals surface area (Å²) in [4.78, 5) is 22.2. The molecule has 5 aromatic rings. The zero-order valence-electron chi connectivity index (χ0n) is 24.0. The summed E-state index contributed by atoms with van der Waals surface area (Å²) in [6.45, 7) is -0.0831. The van der Waals surface area contributed by atoms with Gasteiger partial charge in [0.05, 0.1) is 26.2 Å². The average molecular weight is 634 g/mol. The number of nitrogens with zero attached hydrogens (tertiary/aromatic N) is 4. The Kier molecular flexibility index (Phi) is 9.91. The summed E-state index contributed by atoms with van der Waals surface area (Å²) in [6, 6.07) is 18.0. The molecule has 2 heterocycles. The topological polar surface area (TPSA) is 174 Å². The second-order valence-corrected chi connectivity index (χ2v) is 10.2. The highest BCUT2D eigenvalue weighted by Gasteiger charge is 2.25. The number of ether oxygens (including phenoxy) is 4. The van der Waals surface area contributed by atoms with Gasteiger partial charge in [-0.15, -0.1) is 0 Å². The summed E-state index contributed by atoms with van der Waals surface area (Å²) in [5.74, 6) is -1.35. The van der Waals surface area contributed by atoms with Crippen LogP contribution in [0.4, 0.5) is 10.1 Å². The molecule has 0 spiro atoms. The summed E-state index contributed by atoms with van der Waals surface area (Å²) in [7, 11) is 3.08. The van der Waals surface area contributed by atoms with Gasteiger partial charge in [-0.05, 0) is 64.7 Å². The first-order valence-electron chi connectivity index (χ1n) is 13.3. The van der Waals surface area contributed by atoms with Crippen LogP contribution < -0.4 is 24.3 Å². The molecular weight excluding hydrogens is 607 g/mol. The van der Waals surface area contributed by atoms with Gasteiger partial charge in [-0.1, -0.05) is 24.3 Å². The van der Waals surface area contributed by atoms with Crippen molar-refractivity contribution >= 4 is 22.7 Å². The molecule has 1 amide bonds. The lowest BCUT2D eigenvalue weighted by Crippen LogP contribution is -2.19. The first-order valence-corrected chi connectivity index (χ1v) is 14.5. The van der Waals surface area contributed by atoms with E-state index >= 15 is 0 Å². The number of carbonyl (C=O) groups is 1. The van der Waals surface area contributed by atoms with E-state index in [0.29, 0.717) is 22.6 Å². The Labute approximate surface area is 259 Å². The number of nitrogens with one attached hydrogen (secondary N) is 2. The number of methoxy groups -OCH3 is 2. The molecule has 1 atom stereocenters. The number of anilines is 1. The van der Waals surface area contributed by atoms with Gasteiger partial charge in [0.2, 0.25) is 11.8 Å². The molecule has 0 aliphatic rings. The van der Waals surface area contributed by atoms with E-state index in [4.69, 9.17) is 18.9 Å². The van der Waals surface area contributed by atoms with E-state index in [1.54, 1.807) is 62.8 Å². The molecule has 0 aliphatic carbocycles. The minimum atomic E-state index is -2.55. The number of hydrogen-bond donors (Lipinski definition) is 2. The molecule has 1 unspecified atom stereocenters. The molecule has 0 saturated heterocycles. The molecule has 0 saturated carbocycles. The average Bonchev–Trinajstić information content (AvgIpc) is 3.57. The van der Waals surface area contributed by atoms with Gasteiger partial charge >= 0.3 is 0 Å². The third-order valence-corrected chi connectivity index (χ3v) is 6.84. The molecule has 0 radical (unpaired) electrons. The maximum Gasteiger partial charge on any atom is 0.266 e. The molecule has 13 nitrogen and oxygen atoms in total. The van der Waals surface area contributed by atoms with Gasteiger partial charge in [0.25, 0.3) is 5.91 Å².